The van der Waals surface area contributed by atoms with Crippen molar-refractivity contribution in [3.63, 3.8) is 0 Å². The summed E-state index contributed by atoms with van der Waals surface area (Å²) in [5.41, 5.74) is 3.54. The largest absolute Gasteiger partial charge is 0.285 e. The van der Waals surface area contributed by atoms with Crippen LogP contribution in [-0.2, 0) is 20.8 Å². The van der Waals surface area contributed by atoms with E-state index >= 15 is 0 Å². The Kier molecular flexibility index (Phi) is 6.89. The first-order chi connectivity index (χ1) is 18.2. The van der Waals surface area contributed by atoms with Crippen LogP contribution in [0.25, 0.3) is 0 Å². The molecule has 2 saturated carbocycles. The summed E-state index contributed by atoms with van der Waals surface area (Å²) < 4.78 is 0. The summed E-state index contributed by atoms with van der Waals surface area (Å²) in [4.78, 5) is 42.6. The lowest BCUT2D eigenvalue weighted by Crippen LogP contribution is -2.44. The summed E-state index contributed by atoms with van der Waals surface area (Å²) in [5, 5.41) is 0. The Bertz CT molecular complexity index is 1260. The Labute approximate surface area is 226 Å². The maximum atomic E-state index is 13.2. The Hall–Kier alpha value is -3.47. The number of aryl methyl sites for hydroxylation is 1. The fraction of sp³-hybridized carbons (Fsp3) is 0.424. The van der Waals surface area contributed by atoms with Crippen LogP contribution in [0.1, 0.15) is 39.2 Å². The number of fused-ring (bicyclic) bond motifs is 2. The highest BCUT2D eigenvalue weighted by Gasteiger charge is 2.59. The van der Waals surface area contributed by atoms with Crippen molar-refractivity contribution in [1.29, 1.82) is 0 Å². The Morgan fingerprint density at radius 3 is 2.26 bits per heavy atom. The van der Waals surface area contributed by atoms with Gasteiger partial charge in [0, 0.05) is 23.0 Å². The molecule has 5 nitrogen and oxygen atoms in total. The van der Waals surface area contributed by atoms with Crippen molar-refractivity contribution in [3.8, 4) is 0 Å². The van der Waals surface area contributed by atoms with Gasteiger partial charge in [-0.1, -0.05) is 56.9 Å². The van der Waals surface area contributed by atoms with Crippen LogP contribution < -0.4 is 4.90 Å². The topological polar surface area (TPSA) is 57.7 Å². The molecule has 2 saturated heterocycles. The molecule has 2 aliphatic carbocycles. The first kappa shape index (κ1) is 26.1. The number of anilines is 1. The van der Waals surface area contributed by atoms with Crippen molar-refractivity contribution >= 4 is 23.4 Å². The van der Waals surface area contributed by atoms with Gasteiger partial charge < -0.3 is 0 Å². The van der Waals surface area contributed by atoms with E-state index in [-0.39, 0.29) is 53.2 Å². The smallest absolute Gasteiger partial charge is 0.238 e. The van der Waals surface area contributed by atoms with Gasteiger partial charge in [-0.15, -0.1) is 13.2 Å². The molecule has 5 heteroatoms. The summed E-state index contributed by atoms with van der Waals surface area (Å²) in [6, 6.07) is 8.10. The van der Waals surface area contributed by atoms with E-state index in [1.807, 2.05) is 49.4 Å². The molecule has 5 rings (SSSR count). The second-order valence-electron chi connectivity index (χ2n) is 11.4. The van der Waals surface area contributed by atoms with Gasteiger partial charge in [-0.05, 0) is 73.6 Å². The lowest BCUT2D eigenvalue weighted by atomic mass is 9.58. The summed E-state index contributed by atoms with van der Waals surface area (Å²) in [7, 11) is 0. The van der Waals surface area contributed by atoms with Gasteiger partial charge in [0.15, 0.2) is 0 Å². The Morgan fingerprint density at radius 1 is 0.947 bits per heavy atom. The normalized spacial score (nSPS) is 34.7. The SMILES string of the molecule is C=CC1CC(C)C2C(=O)N(C(/C=C\CCc3ccc(N4C(=C)C5C(C=C)C(C)C5C4=O)cc3)=C/C)C(=O)C12. The van der Waals surface area contributed by atoms with Crippen LogP contribution in [0.5, 0.6) is 0 Å². The van der Waals surface area contributed by atoms with E-state index in [2.05, 4.69) is 45.7 Å². The predicted octanol–water partition coefficient (Wildman–Crippen LogP) is 6.07. The second kappa shape index (κ2) is 10.0. The first-order valence-electron chi connectivity index (χ1n) is 13.8. The molecule has 0 bridgehead atoms. The van der Waals surface area contributed by atoms with E-state index in [0.29, 0.717) is 17.5 Å². The van der Waals surface area contributed by atoms with Crippen molar-refractivity contribution < 1.29 is 14.4 Å². The van der Waals surface area contributed by atoms with Crippen LogP contribution >= 0.6 is 0 Å². The van der Waals surface area contributed by atoms with Gasteiger partial charge in [0.05, 0.1) is 17.8 Å². The zero-order chi connectivity index (χ0) is 27.3. The van der Waals surface area contributed by atoms with Gasteiger partial charge in [0.25, 0.3) is 0 Å². The third-order valence-corrected chi connectivity index (χ3v) is 9.48. The van der Waals surface area contributed by atoms with E-state index in [1.165, 1.54) is 4.90 Å². The number of hydrogen-bond acceptors (Lipinski definition) is 3. The zero-order valence-electron chi connectivity index (χ0n) is 22.7. The molecule has 198 valence electrons. The molecule has 4 fully saturated rings. The van der Waals surface area contributed by atoms with Crippen molar-refractivity contribution in [2.45, 2.75) is 40.0 Å². The van der Waals surface area contributed by atoms with E-state index in [1.54, 1.807) is 4.90 Å². The third kappa shape index (κ3) is 3.86. The van der Waals surface area contributed by atoms with Crippen LogP contribution in [0.3, 0.4) is 0 Å². The third-order valence-electron chi connectivity index (χ3n) is 9.48. The molecular formula is C33H38N2O3. The molecule has 8 atom stereocenters. The molecule has 3 amide bonds. The average molecular weight is 511 g/mol. The maximum Gasteiger partial charge on any atom is 0.238 e. The van der Waals surface area contributed by atoms with Crippen LogP contribution in [-0.4, -0.2) is 22.6 Å². The molecule has 1 aromatic carbocycles. The molecule has 0 aromatic heterocycles. The summed E-state index contributed by atoms with van der Waals surface area (Å²) in [6.45, 7) is 18.1. The van der Waals surface area contributed by atoms with Crippen molar-refractivity contribution in [2.24, 2.45) is 47.3 Å². The highest BCUT2D eigenvalue weighted by molar-refractivity contribution is 6.08. The zero-order valence-corrected chi connectivity index (χ0v) is 22.7. The Balaban J connectivity index is 1.20. The van der Waals surface area contributed by atoms with Gasteiger partial charge in [0.2, 0.25) is 17.7 Å². The van der Waals surface area contributed by atoms with Crippen LogP contribution in [0.2, 0.25) is 0 Å². The first-order valence-corrected chi connectivity index (χ1v) is 13.8. The van der Waals surface area contributed by atoms with Crippen molar-refractivity contribution in [2.75, 3.05) is 4.90 Å². The number of rotatable bonds is 8. The van der Waals surface area contributed by atoms with Gasteiger partial charge in [-0.2, -0.15) is 0 Å². The molecule has 0 spiro atoms. The molecule has 0 radical (unpaired) electrons. The number of allylic oxidation sites excluding steroid dienone is 6. The van der Waals surface area contributed by atoms with Crippen molar-refractivity contribution in [3.05, 3.63) is 91.3 Å². The number of likely N-dealkylation sites (tertiary alicyclic amines) is 1. The molecular weight excluding hydrogens is 472 g/mol. The minimum Gasteiger partial charge on any atom is -0.285 e. The van der Waals surface area contributed by atoms with Crippen LogP contribution in [0.4, 0.5) is 5.69 Å². The molecule has 38 heavy (non-hydrogen) atoms. The Morgan fingerprint density at radius 2 is 1.63 bits per heavy atom. The fourth-order valence-electron chi connectivity index (χ4n) is 7.44. The minimum absolute atomic E-state index is 0.0101. The van der Waals surface area contributed by atoms with Crippen LogP contribution in [0, 0.1) is 47.3 Å². The number of imide groups is 1. The maximum absolute atomic E-state index is 13.2. The van der Waals surface area contributed by atoms with E-state index in [9.17, 15) is 14.4 Å². The molecule has 1 aromatic rings. The number of carbonyl (C=O) groups excluding carboxylic acids is 3. The monoisotopic (exact) mass is 510 g/mol. The second-order valence-corrected chi connectivity index (χ2v) is 11.4. The lowest BCUT2D eigenvalue weighted by Gasteiger charge is -2.43. The predicted molar refractivity (Wildman–Crippen MR) is 150 cm³/mol. The highest BCUT2D eigenvalue weighted by atomic mass is 16.2. The summed E-state index contributed by atoms with van der Waals surface area (Å²) >= 11 is 0. The van der Waals surface area contributed by atoms with Gasteiger partial charge in [-0.25, -0.2) is 0 Å². The number of carbonyl (C=O) groups is 3. The fourth-order valence-corrected chi connectivity index (χ4v) is 7.44. The number of nitrogens with zero attached hydrogens (tertiary/aromatic N) is 2. The molecule has 8 unspecified atom stereocenters. The molecule has 2 aliphatic heterocycles. The van der Waals surface area contributed by atoms with Gasteiger partial charge >= 0.3 is 0 Å². The number of amides is 3. The summed E-state index contributed by atoms with van der Waals surface area (Å²) in [6.07, 6.45) is 12.0. The number of benzene rings is 1. The minimum atomic E-state index is -0.281. The molecule has 4 aliphatic rings. The summed E-state index contributed by atoms with van der Waals surface area (Å²) in [5.74, 6) is 0.489. The van der Waals surface area contributed by atoms with Crippen LogP contribution in [0.15, 0.2) is 85.8 Å². The van der Waals surface area contributed by atoms with Gasteiger partial charge in [0.1, 0.15) is 0 Å². The molecule has 2 heterocycles. The quantitative estimate of drug-likeness (QED) is 0.242. The standard InChI is InChI=1S/C33H38N2O3/c1-7-23-18-19(4)27-30(23)33(38)35(31(27)36)24(8-2)13-11-10-12-22-14-16-25(17-15-22)34-21(6)29-26(9-3)20(5)28(29)32(34)37/h7-9,11,13-17,19-20,23,26-30H,1,3,6,10,12,18H2,2,4-5H3/b13-11-,24-8+. The van der Waals surface area contributed by atoms with E-state index in [0.717, 1.165) is 36.2 Å². The van der Waals surface area contributed by atoms with Gasteiger partial charge in [-0.3, -0.25) is 24.2 Å². The highest BCUT2D eigenvalue weighted by Crippen LogP contribution is 2.56. The van der Waals surface area contributed by atoms with E-state index in [4.69, 9.17) is 0 Å². The lowest BCUT2D eigenvalue weighted by molar-refractivity contribution is -0.138. The van der Waals surface area contributed by atoms with E-state index < -0.39 is 0 Å². The number of hydrogen-bond donors (Lipinski definition) is 0. The average Bonchev–Trinajstić information content (AvgIpc) is 3.46. The van der Waals surface area contributed by atoms with Crippen molar-refractivity contribution in [1.82, 2.24) is 4.90 Å². The molecule has 0 N–H and O–H groups in total.